The number of hydrogen-bond acceptors (Lipinski definition) is 3. The van der Waals surface area contributed by atoms with Crippen LogP contribution in [-0.2, 0) is 10.0 Å². The van der Waals surface area contributed by atoms with Gasteiger partial charge >= 0.3 is 0 Å². The molecule has 0 bridgehead atoms. The predicted octanol–water partition coefficient (Wildman–Crippen LogP) is 2.70. The molecule has 0 aliphatic carbocycles. The number of rotatable bonds is 1. The molecule has 0 saturated carbocycles. The highest BCUT2D eigenvalue weighted by atomic mass is 79.9. The molecular weight excluding hydrogens is 344 g/mol. The second kappa shape index (κ2) is 4.32. The number of nitrogens with one attached hydrogen (secondary N) is 1. The van der Waals surface area contributed by atoms with Crippen molar-refractivity contribution in [2.75, 3.05) is 5.32 Å². The maximum Gasteiger partial charge on any atom is 0.273 e. The number of anilines is 1. The molecule has 0 fully saturated rings. The molecule has 3 rings (SSSR count). The Morgan fingerprint density at radius 1 is 1.30 bits per heavy atom. The Labute approximate surface area is 124 Å². The summed E-state index contributed by atoms with van der Waals surface area (Å²) in [5, 5.41) is 2.61. The van der Waals surface area contributed by atoms with E-state index in [1.807, 2.05) is 0 Å². The van der Waals surface area contributed by atoms with Crippen molar-refractivity contribution < 1.29 is 13.2 Å². The van der Waals surface area contributed by atoms with Gasteiger partial charge in [-0.3, -0.25) is 4.79 Å². The van der Waals surface area contributed by atoms with Crippen LogP contribution in [-0.4, -0.2) is 18.3 Å². The normalized spacial score (nSPS) is 15.8. The molecule has 1 aromatic heterocycles. The van der Waals surface area contributed by atoms with Gasteiger partial charge in [0.2, 0.25) is 0 Å². The van der Waals surface area contributed by atoms with Gasteiger partial charge in [0.05, 0.1) is 5.69 Å². The van der Waals surface area contributed by atoms with Gasteiger partial charge in [-0.05, 0) is 29.8 Å². The zero-order chi connectivity index (χ0) is 14.5. The van der Waals surface area contributed by atoms with Crippen LogP contribution in [0.5, 0.6) is 0 Å². The van der Waals surface area contributed by atoms with E-state index in [1.54, 1.807) is 12.1 Å². The Bertz CT molecular complexity index is 852. The smallest absolute Gasteiger partial charge is 0.273 e. The van der Waals surface area contributed by atoms with Gasteiger partial charge in [0, 0.05) is 10.7 Å². The first-order valence-electron chi connectivity index (χ1n) is 5.65. The predicted molar refractivity (Wildman–Crippen MR) is 79.2 cm³/mol. The van der Waals surface area contributed by atoms with Crippen molar-refractivity contribution in [1.29, 1.82) is 0 Å². The third-order valence-corrected chi connectivity index (χ3v) is 5.23. The van der Waals surface area contributed by atoms with Crippen LogP contribution in [0.1, 0.15) is 16.1 Å². The fraction of sp³-hybridized carbons (Fsp3) is 0. The molecule has 1 aliphatic rings. The van der Waals surface area contributed by atoms with Crippen molar-refractivity contribution in [3.8, 4) is 0 Å². The minimum atomic E-state index is -3.81. The van der Waals surface area contributed by atoms with E-state index in [-0.39, 0.29) is 16.3 Å². The summed E-state index contributed by atoms with van der Waals surface area (Å²) in [6, 6.07) is 6.12. The summed E-state index contributed by atoms with van der Waals surface area (Å²) in [7, 11) is -3.81. The van der Waals surface area contributed by atoms with Crippen molar-refractivity contribution >= 4 is 43.6 Å². The highest BCUT2D eigenvalue weighted by molar-refractivity contribution is 9.10. The molecule has 0 saturated heterocycles. The van der Waals surface area contributed by atoms with Crippen molar-refractivity contribution in [1.82, 2.24) is 3.97 Å². The number of halogens is 1. The lowest BCUT2D eigenvalue weighted by molar-refractivity contribution is 0.102. The zero-order valence-electron chi connectivity index (χ0n) is 10.1. The standard InChI is InChI=1S/C13H9BrN2O3S/c1-2-8-5-11-13(17)15-10-6-9(14)3-4-12(10)20(18,19)16(11)7-8/h2-7H,1H2,(H,15,17). The molecule has 20 heavy (non-hydrogen) atoms. The summed E-state index contributed by atoms with van der Waals surface area (Å²) in [5.41, 5.74) is 0.889. The second-order valence-corrected chi connectivity index (χ2v) is 6.96. The summed E-state index contributed by atoms with van der Waals surface area (Å²) >= 11 is 3.26. The van der Waals surface area contributed by atoms with Gasteiger partial charge in [-0.1, -0.05) is 28.6 Å². The van der Waals surface area contributed by atoms with Crippen LogP contribution < -0.4 is 5.32 Å². The summed E-state index contributed by atoms with van der Waals surface area (Å²) in [4.78, 5) is 12.2. The Hall–Kier alpha value is -1.86. The Morgan fingerprint density at radius 3 is 2.75 bits per heavy atom. The first kappa shape index (κ1) is 13.1. The van der Waals surface area contributed by atoms with E-state index >= 15 is 0 Å². The summed E-state index contributed by atoms with van der Waals surface area (Å²) in [6.45, 7) is 3.58. The SMILES string of the molecule is C=Cc1cc2n(c1)S(=O)(=O)c1ccc(Br)cc1NC2=O. The zero-order valence-corrected chi connectivity index (χ0v) is 12.5. The lowest BCUT2D eigenvalue weighted by Crippen LogP contribution is -2.16. The molecule has 102 valence electrons. The fourth-order valence-electron chi connectivity index (χ4n) is 2.06. The maximum atomic E-state index is 12.6. The van der Waals surface area contributed by atoms with Crippen LogP contribution in [0, 0.1) is 0 Å². The van der Waals surface area contributed by atoms with Crippen LogP contribution in [0.25, 0.3) is 6.08 Å². The van der Waals surface area contributed by atoms with Crippen LogP contribution >= 0.6 is 15.9 Å². The van der Waals surface area contributed by atoms with Crippen LogP contribution in [0.15, 0.2) is 46.4 Å². The molecule has 1 aliphatic heterocycles. The third kappa shape index (κ3) is 1.82. The first-order valence-corrected chi connectivity index (χ1v) is 7.88. The number of nitrogens with zero attached hydrogens (tertiary/aromatic N) is 1. The third-order valence-electron chi connectivity index (χ3n) is 3.00. The summed E-state index contributed by atoms with van der Waals surface area (Å²) in [6.07, 6.45) is 2.88. The van der Waals surface area contributed by atoms with E-state index < -0.39 is 15.9 Å². The Balaban J connectivity index is 2.37. The topological polar surface area (TPSA) is 68.2 Å². The molecule has 5 nitrogen and oxygen atoms in total. The number of fused-ring (bicyclic) bond motifs is 2. The molecule has 0 unspecified atom stereocenters. The van der Waals surface area contributed by atoms with Crippen molar-refractivity contribution in [3.05, 3.63) is 52.8 Å². The summed E-state index contributed by atoms with van der Waals surface area (Å²) < 4.78 is 26.9. The number of aromatic nitrogens is 1. The van der Waals surface area contributed by atoms with Gasteiger partial charge in [0.1, 0.15) is 10.6 Å². The maximum absolute atomic E-state index is 12.6. The lowest BCUT2D eigenvalue weighted by atomic mass is 10.3. The largest absolute Gasteiger partial charge is 0.319 e. The number of carbonyl (C=O) groups is 1. The van der Waals surface area contributed by atoms with Crippen molar-refractivity contribution in [2.24, 2.45) is 0 Å². The van der Waals surface area contributed by atoms with E-state index in [9.17, 15) is 13.2 Å². The minimum absolute atomic E-state index is 0.0546. The molecule has 2 heterocycles. The van der Waals surface area contributed by atoms with E-state index in [0.29, 0.717) is 10.0 Å². The molecule has 1 N–H and O–H groups in total. The van der Waals surface area contributed by atoms with Gasteiger partial charge < -0.3 is 5.32 Å². The molecule has 0 spiro atoms. The number of hydrogen-bond donors (Lipinski definition) is 1. The molecule has 0 atom stereocenters. The van der Waals surface area contributed by atoms with Crippen LogP contribution in [0.2, 0.25) is 0 Å². The van der Waals surface area contributed by atoms with E-state index in [0.717, 1.165) is 3.97 Å². The highest BCUT2D eigenvalue weighted by Crippen LogP contribution is 2.31. The van der Waals surface area contributed by atoms with Gasteiger partial charge in [-0.2, -0.15) is 0 Å². The van der Waals surface area contributed by atoms with E-state index in [4.69, 9.17) is 0 Å². The monoisotopic (exact) mass is 352 g/mol. The van der Waals surface area contributed by atoms with Gasteiger partial charge in [0.15, 0.2) is 0 Å². The minimum Gasteiger partial charge on any atom is -0.319 e. The molecular formula is C13H9BrN2O3S. The quantitative estimate of drug-likeness (QED) is 0.857. The lowest BCUT2D eigenvalue weighted by Gasteiger charge is -2.07. The van der Waals surface area contributed by atoms with Crippen molar-refractivity contribution in [3.63, 3.8) is 0 Å². The molecule has 1 amide bonds. The van der Waals surface area contributed by atoms with Gasteiger partial charge in [0.25, 0.3) is 15.9 Å². The van der Waals surface area contributed by atoms with E-state index in [1.165, 1.54) is 24.4 Å². The van der Waals surface area contributed by atoms with Gasteiger partial charge in [-0.25, -0.2) is 12.4 Å². The number of benzene rings is 1. The summed E-state index contributed by atoms with van der Waals surface area (Å²) in [5.74, 6) is -0.474. The second-order valence-electron chi connectivity index (χ2n) is 4.26. The number of amides is 1. The Kier molecular flexibility index (Phi) is 2.84. The molecule has 0 radical (unpaired) electrons. The Morgan fingerprint density at radius 2 is 2.05 bits per heavy atom. The van der Waals surface area contributed by atoms with Gasteiger partial charge in [-0.15, -0.1) is 0 Å². The van der Waals surface area contributed by atoms with Crippen LogP contribution in [0.3, 0.4) is 0 Å². The average molecular weight is 353 g/mol. The highest BCUT2D eigenvalue weighted by Gasteiger charge is 2.30. The molecule has 2 aromatic rings. The van der Waals surface area contributed by atoms with Crippen LogP contribution in [0.4, 0.5) is 5.69 Å². The fourth-order valence-corrected chi connectivity index (χ4v) is 3.91. The molecule has 7 heteroatoms. The molecule has 1 aromatic carbocycles. The number of carbonyl (C=O) groups excluding carboxylic acids is 1. The average Bonchev–Trinajstić information content (AvgIpc) is 2.80. The van der Waals surface area contributed by atoms with E-state index in [2.05, 4.69) is 27.8 Å². The van der Waals surface area contributed by atoms with Crippen molar-refractivity contribution in [2.45, 2.75) is 4.90 Å². The first-order chi connectivity index (χ1) is 9.43.